The Hall–Kier alpha value is -2.69. The van der Waals surface area contributed by atoms with Crippen LogP contribution in [0.3, 0.4) is 0 Å². The number of carbonyl (C=O) groups is 1. The van der Waals surface area contributed by atoms with Crippen LogP contribution >= 0.6 is 0 Å². The van der Waals surface area contributed by atoms with Gasteiger partial charge < -0.3 is 20.5 Å². The summed E-state index contributed by atoms with van der Waals surface area (Å²) in [5.74, 6) is 0.798. The maximum absolute atomic E-state index is 12.4. The second-order valence-corrected chi connectivity index (χ2v) is 4.61. The van der Waals surface area contributed by atoms with Crippen LogP contribution < -0.4 is 20.5 Å². The Morgan fingerprint density at radius 2 is 1.76 bits per heavy atom. The fourth-order valence-electron chi connectivity index (χ4n) is 1.99. The molecular weight excluding hydrogens is 268 g/mol. The number of hydrogen-bond acceptors (Lipinski definition) is 4. The lowest BCUT2D eigenvalue weighted by Crippen LogP contribution is -2.13. The van der Waals surface area contributed by atoms with Gasteiger partial charge in [0.2, 0.25) is 0 Å². The van der Waals surface area contributed by atoms with E-state index < -0.39 is 0 Å². The summed E-state index contributed by atoms with van der Waals surface area (Å²) in [4.78, 5) is 12.4. The van der Waals surface area contributed by atoms with Crippen LogP contribution in [0.5, 0.6) is 11.5 Å². The Balaban J connectivity index is 2.28. The van der Waals surface area contributed by atoms with Crippen molar-refractivity contribution in [2.45, 2.75) is 6.92 Å². The first kappa shape index (κ1) is 14.7. The van der Waals surface area contributed by atoms with E-state index in [4.69, 9.17) is 15.2 Å². The van der Waals surface area contributed by atoms with Crippen molar-refractivity contribution in [1.82, 2.24) is 0 Å². The Morgan fingerprint density at radius 3 is 2.43 bits per heavy atom. The second-order valence-electron chi connectivity index (χ2n) is 4.61. The van der Waals surface area contributed by atoms with Gasteiger partial charge in [0.05, 0.1) is 25.5 Å². The van der Waals surface area contributed by atoms with Crippen molar-refractivity contribution >= 4 is 17.3 Å². The molecule has 0 aliphatic carbocycles. The fourth-order valence-corrected chi connectivity index (χ4v) is 1.99. The van der Waals surface area contributed by atoms with E-state index in [2.05, 4.69) is 5.32 Å². The molecule has 2 aromatic carbocycles. The van der Waals surface area contributed by atoms with Crippen LogP contribution in [-0.4, -0.2) is 20.1 Å². The number of rotatable bonds is 4. The molecular formula is C16H18N2O3. The average Bonchev–Trinajstić information content (AvgIpc) is 2.49. The van der Waals surface area contributed by atoms with Gasteiger partial charge in [-0.25, -0.2) is 0 Å². The topological polar surface area (TPSA) is 73.6 Å². The minimum Gasteiger partial charge on any atom is -0.496 e. The Bertz CT molecular complexity index is 669. The van der Waals surface area contributed by atoms with Crippen LogP contribution in [0.25, 0.3) is 0 Å². The Kier molecular flexibility index (Phi) is 4.33. The zero-order valence-electron chi connectivity index (χ0n) is 12.3. The molecule has 0 aliphatic heterocycles. The number of nitrogen functional groups attached to an aromatic ring is 1. The molecule has 0 fully saturated rings. The van der Waals surface area contributed by atoms with Crippen molar-refractivity contribution < 1.29 is 14.3 Å². The number of nitrogens with one attached hydrogen (secondary N) is 1. The van der Waals surface area contributed by atoms with Gasteiger partial charge >= 0.3 is 0 Å². The molecule has 0 radical (unpaired) electrons. The highest BCUT2D eigenvalue weighted by Gasteiger charge is 2.13. The number of benzene rings is 2. The summed E-state index contributed by atoms with van der Waals surface area (Å²) in [6, 6.07) is 10.5. The monoisotopic (exact) mass is 286 g/mol. The van der Waals surface area contributed by atoms with Crippen molar-refractivity contribution in [2.75, 3.05) is 25.3 Å². The molecule has 0 unspecified atom stereocenters. The molecule has 3 N–H and O–H groups in total. The van der Waals surface area contributed by atoms with Gasteiger partial charge in [0.25, 0.3) is 5.91 Å². The van der Waals surface area contributed by atoms with Gasteiger partial charge in [-0.2, -0.15) is 0 Å². The molecule has 110 valence electrons. The summed E-state index contributed by atoms with van der Waals surface area (Å²) < 4.78 is 10.4. The van der Waals surface area contributed by atoms with Crippen molar-refractivity contribution in [3.63, 3.8) is 0 Å². The van der Waals surface area contributed by atoms with Crippen LogP contribution in [0.2, 0.25) is 0 Å². The SMILES string of the molecule is COc1cc(NC(=O)c2cc(C)ccc2OC)ccc1N. The van der Waals surface area contributed by atoms with Gasteiger partial charge in [-0.15, -0.1) is 0 Å². The molecule has 0 saturated carbocycles. The standard InChI is InChI=1S/C16H18N2O3/c1-10-4-7-14(20-2)12(8-10)16(19)18-11-5-6-13(17)15(9-11)21-3/h4-9H,17H2,1-3H3,(H,18,19). The second kappa shape index (κ2) is 6.17. The molecule has 0 aromatic heterocycles. The number of nitrogens with two attached hydrogens (primary N) is 1. The first-order valence-corrected chi connectivity index (χ1v) is 6.44. The Morgan fingerprint density at radius 1 is 1.05 bits per heavy atom. The molecule has 0 atom stereocenters. The number of aryl methyl sites for hydroxylation is 1. The number of ether oxygens (including phenoxy) is 2. The van der Waals surface area contributed by atoms with E-state index in [0.29, 0.717) is 28.4 Å². The largest absolute Gasteiger partial charge is 0.496 e. The van der Waals surface area contributed by atoms with E-state index in [9.17, 15) is 4.79 Å². The lowest BCUT2D eigenvalue weighted by molar-refractivity contribution is 0.102. The van der Waals surface area contributed by atoms with Crippen molar-refractivity contribution in [2.24, 2.45) is 0 Å². The number of methoxy groups -OCH3 is 2. The third-order valence-electron chi connectivity index (χ3n) is 3.09. The van der Waals surface area contributed by atoms with E-state index >= 15 is 0 Å². The molecule has 2 rings (SSSR count). The number of hydrogen-bond donors (Lipinski definition) is 2. The summed E-state index contributed by atoms with van der Waals surface area (Å²) in [5, 5.41) is 2.81. The summed E-state index contributed by atoms with van der Waals surface area (Å²) in [5.41, 5.74) is 8.34. The molecule has 2 aromatic rings. The molecule has 0 heterocycles. The number of carbonyl (C=O) groups excluding carboxylic acids is 1. The predicted octanol–water partition coefficient (Wildman–Crippen LogP) is 2.85. The van der Waals surface area contributed by atoms with Crippen molar-refractivity contribution in [3.8, 4) is 11.5 Å². The van der Waals surface area contributed by atoms with Gasteiger partial charge in [-0.3, -0.25) is 4.79 Å². The van der Waals surface area contributed by atoms with Gasteiger partial charge in [-0.1, -0.05) is 11.6 Å². The van der Waals surface area contributed by atoms with Crippen LogP contribution in [0.4, 0.5) is 11.4 Å². The highest BCUT2D eigenvalue weighted by atomic mass is 16.5. The smallest absolute Gasteiger partial charge is 0.259 e. The van der Waals surface area contributed by atoms with Gasteiger partial charge in [0, 0.05) is 11.8 Å². The summed E-state index contributed by atoms with van der Waals surface area (Å²) in [6.45, 7) is 1.92. The molecule has 0 saturated heterocycles. The molecule has 1 amide bonds. The van der Waals surface area contributed by atoms with Crippen LogP contribution in [0, 0.1) is 6.92 Å². The van der Waals surface area contributed by atoms with Crippen molar-refractivity contribution in [1.29, 1.82) is 0 Å². The Labute approximate surface area is 123 Å². The van der Waals surface area contributed by atoms with Gasteiger partial charge in [0.15, 0.2) is 0 Å². The third kappa shape index (κ3) is 3.25. The molecule has 0 bridgehead atoms. The maximum atomic E-state index is 12.4. The van der Waals surface area contributed by atoms with Crippen molar-refractivity contribution in [3.05, 3.63) is 47.5 Å². The minimum atomic E-state index is -0.248. The van der Waals surface area contributed by atoms with Crippen LogP contribution in [0.15, 0.2) is 36.4 Å². The maximum Gasteiger partial charge on any atom is 0.259 e. The van der Waals surface area contributed by atoms with Gasteiger partial charge in [-0.05, 0) is 31.2 Å². The van der Waals surface area contributed by atoms with E-state index in [1.165, 1.54) is 14.2 Å². The highest BCUT2D eigenvalue weighted by Crippen LogP contribution is 2.26. The molecule has 21 heavy (non-hydrogen) atoms. The lowest BCUT2D eigenvalue weighted by Gasteiger charge is -2.11. The molecule has 0 aliphatic rings. The quantitative estimate of drug-likeness (QED) is 0.848. The van der Waals surface area contributed by atoms with E-state index in [0.717, 1.165) is 5.56 Å². The zero-order valence-corrected chi connectivity index (χ0v) is 12.3. The zero-order chi connectivity index (χ0) is 15.4. The molecule has 5 nitrogen and oxygen atoms in total. The molecule has 5 heteroatoms. The number of anilines is 2. The molecule has 0 spiro atoms. The average molecular weight is 286 g/mol. The van der Waals surface area contributed by atoms with E-state index in [1.807, 2.05) is 13.0 Å². The first-order chi connectivity index (χ1) is 10.0. The minimum absolute atomic E-state index is 0.248. The lowest BCUT2D eigenvalue weighted by atomic mass is 10.1. The van der Waals surface area contributed by atoms with E-state index in [-0.39, 0.29) is 5.91 Å². The summed E-state index contributed by atoms with van der Waals surface area (Å²) in [7, 11) is 3.06. The highest BCUT2D eigenvalue weighted by molar-refractivity contribution is 6.06. The van der Waals surface area contributed by atoms with Crippen LogP contribution in [-0.2, 0) is 0 Å². The van der Waals surface area contributed by atoms with Crippen LogP contribution in [0.1, 0.15) is 15.9 Å². The van der Waals surface area contributed by atoms with Gasteiger partial charge in [0.1, 0.15) is 11.5 Å². The number of amides is 1. The predicted molar refractivity (Wildman–Crippen MR) is 83.1 cm³/mol. The normalized spacial score (nSPS) is 10.0. The third-order valence-corrected chi connectivity index (χ3v) is 3.09. The summed E-state index contributed by atoms with van der Waals surface area (Å²) in [6.07, 6.45) is 0. The first-order valence-electron chi connectivity index (χ1n) is 6.44. The summed E-state index contributed by atoms with van der Waals surface area (Å²) >= 11 is 0. The fraction of sp³-hybridized carbons (Fsp3) is 0.188. The van der Waals surface area contributed by atoms with E-state index in [1.54, 1.807) is 30.3 Å².